The van der Waals surface area contributed by atoms with E-state index in [1.54, 1.807) is 0 Å². The molecule has 4 heteroatoms. The van der Waals surface area contributed by atoms with E-state index in [4.69, 9.17) is 5.11 Å². The molecule has 1 saturated heterocycles. The summed E-state index contributed by atoms with van der Waals surface area (Å²) in [7, 11) is 0. The van der Waals surface area contributed by atoms with Crippen LogP contribution in [0, 0.1) is 5.92 Å². The van der Waals surface area contributed by atoms with E-state index in [-0.39, 0.29) is 24.2 Å². The van der Waals surface area contributed by atoms with Gasteiger partial charge in [0.2, 0.25) is 0 Å². The third-order valence-electron chi connectivity index (χ3n) is 2.76. The van der Waals surface area contributed by atoms with Crippen LogP contribution in [0.4, 0.5) is 0 Å². The van der Waals surface area contributed by atoms with Crippen molar-refractivity contribution in [2.24, 2.45) is 5.92 Å². The third-order valence-corrected chi connectivity index (χ3v) is 2.76. The highest BCUT2D eigenvalue weighted by molar-refractivity contribution is 5.85. The third kappa shape index (κ3) is 2.49. The number of carbonyl (C=O) groups is 1. The van der Waals surface area contributed by atoms with Crippen molar-refractivity contribution in [2.45, 2.75) is 5.92 Å². The van der Waals surface area contributed by atoms with Gasteiger partial charge < -0.3 is 10.4 Å². The lowest BCUT2D eigenvalue weighted by Gasteiger charge is -2.14. The SMILES string of the molecule is Cl.O=C(O)[C@H]1CNC[C@H]1c1ccccc1. The van der Waals surface area contributed by atoms with E-state index in [0.29, 0.717) is 6.54 Å². The molecule has 0 unspecified atom stereocenters. The summed E-state index contributed by atoms with van der Waals surface area (Å²) in [5, 5.41) is 12.1. The van der Waals surface area contributed by atoms with Crippen LogP contribution in [-0.2, 0) is 4.79 Å². The second-order valence-corrected chi connectivity index (χ2v) is 3.62. The van der Waals surface area contributed by atoms with Crippen molar-refractivity contribution in [3.8, 4) is 0 Å². The molecule has 2 rings (SSSR count). The molecule has 3 nitrogen and oxygen atoms in total. The largest absolute Gasteiger partial charge is 0.481 e. The normalized spacial score (nSPS) is 24.5. The second kappa shape index (κ2) is 5.14. The number of rotatable bonds is 2. The standard InChI is InChI=1S/C11H13NO2.ClH/c13-11(14)10-7-12-6-9(10)8-4-2-1-3-5-8;/h1-5,9-10,12H,6-7H2,(H,13,14);1H/t9-,10-;/m0./s1. The van der Waals surface area contributed by atoms with Gasteiger partial charge in [-0.2, -0.15) is 0 Å². The van der Waals surface area contributed by atoms with Gasteiger partial charge in [-0.1, -0.05) is 30.3 Å². The van der Waals surface area contributed by atoms with Crippen LogP contribution in [0.25, 0.3) is 0 Å². The van der Waals surface area contributed by atoms with Crippen molar-refractivity contribution in [3.05, 3.63) is 35.9 Å². The maximum atomic E-state index is 10.9. The lowest BCUT2D eigenvalue weighted by molar-refractivity contribution is -0.141. The highest BCUT2D eigenvalue weighted by atomic mass is 35.5. The molecule has 0 radical (unpaired) electrons. The number of nitrogens with one attached hydrogen (secondary N) is 1. The van der Waals surface area contributed by atoms with E-state index in [1.807, 2.05) is 30.3 Å². The second-order valence-electron chi connectivity index (χ2n) is 3.62. The Balaban J connectivity index is 0.00000112. The number of hydrogen-bond donors (Lipinski definition) is 2. The average Bonchev–Trinajstić information content (AvgIpc) is 2.67. The number of halogens is 1. The van der Waals surface area contributed by atoms with Crippen LogP contribution in [0.5, 0.6) is 0 Å². The van der Waals surface area contributed by atoms with Crippen molar-refractivity contribution in [3.63, 3.8) is 0 Å². The molecule has 0 amide bonds. The predicted octanol–water partition coefficient (Wildman–Crippen LogP) is 1.50. The zero-order chi connectivity index (χ0) is 9.97. The summed E-state index contributed by atoms with van der Waals surface area (Å²) in [5.41, 5.74) is 1.12. The minimum absolute atomic E-state index is 0. The van der Waals surface area contributed by atoms with E-state index in [0.717, 1.165) is 12.1 Å². The summed E-state index contributed by atoms with van der Waals surface area (Å²) in [4.78, 5) is 10.9. The first kappa shape index (κ1) is 12.0. The molecule has 1 aromatic rings. The van der Waals surface area contributed by atoms with Crippen LogP contribution in [0.1, 0.15) is 11.5 Å². The van der Waals surface area contributed by atoms with Gasteiger partial charge in [0.05, 0.1) is 5.92 Å². The van der Waals surface area contributed by atoms with E-state index >= 15 is 0 Å². The Morgan fingerprint density at radius 3 is 2.53 bits per heavy atom. The first-order chi connectivity index (χ1) is 6.79. The van der Waals surface area contributed by atoms with Gasteiger partial charge in [0.1, 0.15) is 0 Å². The van der Waals surface area contributed by atoms with E-state index in [9.17, 15) is 4.79 Å². The molecular formula is C11H14ClNO2. The van der Waals surface area contributed by atoms with Crippen molar-refractivity contribution in [1.82, 2.24) is 5.32 Å². The summed E-state index contributed by atoms with van der Waals surface area (Å²) < 4.78 is 0. The van der Waals surface area contributed by atoms with Gasteiger partial charge >= 0.3 is 5.97 Å². The fraction of sp³-hybridized carbons (Fsp3) is 0.364. The Bertz CT molecular complexity index is 329. The number of benzene rings is 1. The minimum Gasteiger partial charge on any atom is -0.481 e. The Hall–Kier alpha value is -1.06. The summed E-state index contributed by atoms with van der Waals surface area (Å²) in [6.07, 6.45) is 0. The van der Waals surface area contributed by atoms with E-state index < -0.39 is 5.97 Å². The lowest BCUT2D eigenvalue weighted by atomic mass is 9.89. The molecular weight excluding hydrogens is 214 g/mol. The lowest BCUT2D eigenvalue weighted by Crippen LogP contribution is -2.20. The average molecular weight is 228 g/mol. The zero-order valence-electron chi connectivity index (χ0n) is 8.22. The fourth-order valence-electron chi connectivity index (χ4n) is 1.99. The van der Waals surface area contributed by atoms with Gasteiger partial charge in [0.25, 0.3) is 0 Å². The van der Waals surface area contributed by atoms with Gasteiger partial charge in [-0.15, -0.1) is 12.4 Å². The maximum absolute atomic E-state index is 10.9. The van der Waals surface area contributed by atoms with E-state index in [2.05, 4.69) is 5.32 Å². The Kier molecular flexibility index (Phi) is 4.12. The highest BCUT2D eigenvalue weighted by Gasteiger charge is 2.33. The molecule has 2 N–H and O–H groups in total. The van der Waals surface area contributed by atoms with Crippen LogP contribution in [0.15, 0.2) is 30.3 Å². The predicted molar refractivity (Wildman–Crippen MR) is 60.4 cm³/mol. The number of carboxylic acids is 1. The zero-order valence-corrected chi connectivity index (χ0v) is 9.04. The summed E-state index contributed by atoms with van der Waals surface area (Å²) >= 11 is 0. The molecule has 2 atom stereocenters. The van der Waals surface area contributed by atoms with Crippen LogP contribution in [0.3, 0.4) is 0 Å². The van der Waals surface area contributed by atoms with Crippen LogP contribution in [-0.4, -0.2) is 24.2 Å². The Morgan fingerprint density at radius 2 is 1.93 bits per heavy atom. The highest BCUT2D eigenvalue weighted by Crippen LogP contribution is 2.27. The molecule has 82 valence electrons. The number of aliphatic carboxylic acids is 1. The molecule has 0 aromatic heterocycles. The van der Waals surface area contributed by atoms with Gasteiger partial charge in [0.15, 0.2) is 0 Å². The van der Waals surface area contributed by atoms with Crippen molar-refractivity contribution in [2.75, 3.05) is 13.1 Å². The molecule has 0 spiro atoms. The maximum Gasteiger partial charge on any atom is 0.308 e. The van der Waals surface area contributed by atoms with Crippen molar-refractivity contribution < 1.29 is 9.90 Å². The quantitative estimate of drug-likeness (QED) is 0.805. The molecule has 1 aliphatic rings. The fourth-order valence-corrected chi connectivity index (χ4v) is 1.99. The Labute approximate surface area is 94.9 Å². The molecule has 1 aliphatic heterocycles. The number of hydrogen-bond acceptors (Lipinski definition) is 2. The van der Waals surface area contributed by atoms with Gasteiger partial charge in [0, 0.05) is 19.0 Å². The Morgan fingerprint density at radius 1 is 1.27 bits per heavy atom. The molecule has 1 fully saturated rings. The molecule has 0 saturated carbocycles. The first-order valence-corrected chi connectivity index (χ1v) is 4.77. The van der Waals surface area contributed by atoms with Crippen LogP contribution < -0.4 is 5.32 Å². The summed E-state index contributed by atoms with van der Waals surface area (Å²) in [6, 6.07) is 9.84. The minimum atomic E-state index is -0.705. The summed E-state index contributed by atoms with van der Waals surface area (Å²) in [5.74, 6) is -0.866. The molecule has 1 heterocycles. The van der Waals surface area contributed by atoms with Crippen molar-refractivity contribution in [1.29, 1.82) is 0 Å². The van der Waals surface area contributed by atoms with Crippen LogP contribution >= 0.6 is 12.4 Å². The summed E-state index contributed by atoms with van der Waals surface area (Å²) in [6.45, 7) is 1.34. The smallest absolute Gasteiger partial charge is 0.308 e. The van der Waals surface area contributed by atoms with Crippen LogP contribution in [0.2, 0.25) is 0 Å². The molecule has 15 heavy (non-hydrogen) atoms. The van der Waals surface area contributed by atoms with Gasteiger partial charge in [-0.05, 0) is 5.56 Å². The monoisotopic (exact) mass is 227 g/mol. The van der Waals surface area contributed by atoms with Gasteiger partial charge in [-0.3, -0.25) is 4.79 Å². The van der Waals surface area contributed by atoms with E-state index in [1.165, 1.54) is 0 Å². The first-order valence-electron chi connectivity index (χ1n) is 4.77. The molecule has 0 aliphatic carbocycles. The topological polar surface area (TPSA) is 49.3 Å². The van der Waals surface area contributed by atoms with Crippen molar-refractivity contribution >= 4 is 18.4 Å². The van der Waals surface area contributed by atoms with Gasteiger partial charge in [-0.25, -0.2) is 0 Å². The molecule has 0 bridgehead atoms. The number of carboxylic acid groups (broad SMARTS) is 1. The molecule has 1 aromatic carbocycles.